The van der Waals surface area contributed by atoms with Crippen molar-refractivity contribution in [3.8, 4) is 5.75 Å². The van der Waals surface area contributed by atoms with Crippen LogP contribution in [-0.2, 0) is 13.2 Å². The third-order valence-electron chi connectivity index (χ3n) is 2.88. The standard InChI is InChI=1S/C16H17FINO/c1-2-19-10-12-6-7-16(17)13(8-12)11-20-15-5-3-4-14(18)9-15/h3-9,19H,2,10-11H2,1H3. The summed E-state index contributed by atoms with van der Waals surface area (Å²) >= 11 is 2.22. The minimum absolute atomic E-state index is 0.226. The van der Waals surface area contributed by atoms with Crippen molar-refractivity contribution in [2.45, 2.75) is 20.1 Å². The van der Waals surface area contributed by atoms with Crippen LogP contribution >= 0.6 is 22.6 Å². The quantitative estimate of drug-likeness (QED) is 0.756. The van der Waals surface area contributed by atoms with Crippen LogP contribution in [0.5, 0.6) is 5.75 Å². The fourth-order valence-electron chi connectivity index (χ4n) is 1.84. The van der Waals surface area contributed by atoms with Gasteiger partial charge in [-0.15, -0.1) is 0 Å². The van der Waals surface area contributed by atoms with Crippen LogP contribution in [0, 0.1) is 9.39 Å². The number of benzene rings is 2. The second-order valence-electron chi connectivity index (χ2n) is 4.45. The summed E-state index contributed by atoms with van der Waals surface area (Å²) in [6.07, 6.45) is 0. The van der Waals surface area contributed by atoms with E-state index in [9.17, 15) is 4.39 Å². The molecule has 0 fully saturated rings. The summed E-state index contributed by atoms with van der Waals surface area (Å²) in [4.78, 5) is 0. The molecule has 0 spiro atoms. The molecule has 0 saturated heterocycles. The third kappa shape index (κ3) is 4.45. The summed E-state index contributed by atoms with van der Waals surface area (Å²) in [6, 6.07) is 12.9. The molecular weight excluding hydrogens is 368 g/mol. The highest BCUT2D eigenvalue weighted by Gasteiger charge is 2.05. The molecule has 106 valence electrons. The number of hydrogen-bond acceptors (Lipinski definition) is 2. The minimum atomic E-state index is -0.226. The number of halogens is 2. The zero-order valence-electron chi connectivity index (χ0n) is 11.3. The van der Waals surface area contributed by atoms with Crippen LogP contribution in [0.1, 0.15) is 18.1 Å². The van der Waals surface area contributed by atoms with Crippen molar-refractivity contribution < 1.29 is 9.13 Å². The van der Waals surface area contributed by atoms with Gasteiger partial charge in [0.1, 0.15) is 18.2 Å². The average Bonchev–Trinajstić information content (AvgIpc) is 2.45. The molecule has 0 aliphatic heterocycles. The van der Waals surface area contributed by atoms with Crippen LogP contribution < -0.4 is 10.1 Å². The molecule has 2 aromatic carbocycles. The highest BCUT2D eigenvalue weighted by Crippen LogP contribution is 2.18. The first-order valence-corrected chi connectivity index (χ1v) is 7.63. The smallest absolute Gasteiger partial charge is 0.129 e. The molecule has 0 radical (unpaired) electrons. The molecule has 0 amide bonds. The lowest BCUT2D eigenvalue weighted by atomic mass is 10.1. The molecule has 2 rings (SSSR count). The fraction of sp³-hybridized carbons (Fsp3) is 0.250. The van der Waals surface area contributed by atoms with Gasteiger partial charge in [0.05, 0.1) is 0 Å². The fourth-order valence-corrected chi connectivity index (χ4v) is 2.35. The Hall–Kier alpha value is -1.14. The van der Waals surface area contributed by atoms with Gasteiger partial charge in [0, 0.05) is 15.7 Å². The zero-order chi connectivity index (χ0) is 14.4. The van der Waals surface area contributed by atoms with E-state index in [2.05, 4.69) is 27.9 Å². The third-order valence-corrected chi connectivity index (χ3v) is 3.55. The number of rotatable bonds is 6. The van der Waals surface area contributed by atoms with Crippen molar-refractivity contribution >= 4 is 22.6 Å². The van der Waals surface area contributed by atoms with Crippen LogP contribution in [0.2, 0.25) is 0 Å². The maximum Gasteiger partial charge on any atom is 0.129 e. The average molecular weight is 385 g/mol. The maximum absolute atomic E-state index is 13.8. The van der Waals surface area contributed by atoms with Gasteiger partial charge < -0.3 is 10.1 Å². The second kappa shape index (κ2) is 7.59. The minimum Gasteiger partial charge on any atom is -0.489 e. The van der Waals surface area contributed by atoms with Crippen molar-refractivity contribution in [2.75, 3.05) is 6.54 Å². The van der Waals surface area contributed by atoms with Gasteiger partial charge in [-0.1, -0.05) is 19.1 Å². The molecule has 20 heavy (non-hydrogen) atoms. The Labute approximate surface area is 132 Å². The predicted molar refractivity (Wildman–Crippen MR) is 87.3 cm³/mol. The molecule has 2 aromatic rings. The van der Waals surface area contributed by atoms with E-state index in [1.54, 1.807) is 6.07 Å². The Morgan fingerprint density at radius 3 is 2.80 bits per heavy atom. The first kappa shape index (κ1) is 15.3. The van der Waals surface area contributed by atoms with Gasteiger partial charge >= 0.3 is 0 Å². The summed E-state index contributed by atoms with van der Waals surface area (Å²) in [6.45, 7) is 3.93. The van der Waals surface area contributed by atoms with Crippen molar-refractivity contribution in [3.05, 3.63) is 63.0 Å². The largest absolute Gasteiger partial charge is 0.489 e. The zero-order valence-corrected chi connectivity index (χ0v) is 13.5. The summed E-state index contributed by atoms with van der Waals surface area (Å²) < 4.78 is 20.5. The molecule has 0 heterocycles. The first-order chi connectivity index (χ1) is 9.69. The lowest BCUT2D eigenvalue weighted by Crippen LogP contribution is -2.12. The summed E-state index contributed by atoms with van der Waals surface area (Å²) in [5.74, 6) is 0.532. The normalized spacial score (nSPS) is 10.6. The Bertz CT molecular complexity index is 574. The van der Waals surface area contributed by atoms with Gasteiger partial charge in [-0.2, -0.15) is 0 Å². The lowest BCUT2D eigenvalue weighted by Gasteiger charge is -2.10. The highest BCUT2D eigenvalue weighted by molar-refractivity contribution is 14.1. The van der Waals surface area contributed by atoms with Crippen LogP contribution in [0.25, 0.3) is 0 Å². The van der Waals surface area contributed by atoms with Crippen molar-refractivity contribution in [1.82, 2.24) is 5.32 Å². The highest BCUT2D eigenvalue weighted by atomic mass is 127. The van der Waals surface area contributed by atoms with Crippen molar-refractivity contribution in [1.29, 1.82) is 0 Å². The van der Waals surface area contributed by atoms with E-state index in [1.807, 2.05) is 37.3 Å². The summed E-state index contributed by atoms with van der Waals surface area (Å²) in [5.41, 5.74) is 1.65. The van der Waals surface area contributed by atoms with E-state index in [-0.39, 0.29) is 12.4 Å². The summed E-state index contributed by atoms with van der Waals surface area (Å²) in [5, 5.41) is 3.23. The van der Waals surface area contributed by atoms with Crippen LogP contribution in [0.4, 0.5) is 4.39 Å². The van der Waals surface area contributed by atoms with Crippen LogP contribution in [-0.4, -0.2) is 6.54 Å². The monoisotopic (exact) mass is 385 g/mol. The molecule has 0 aromatic heterocycles. The van der Waals surface area contributed by atoms with E-state index < -0.39 is 0 Å². The topological polar surface area (TPSA) is 21.3 Å². The number of ether oxygens (including phenoxy) is 1. The molecule has 1 N–H and O–H groups in total. The Balaban J connectivity index is 2.04. The van der Waals surface area contributed by atoms with Gasteiger partial charge in [-0.25, -0.2) is 4.39 Å². The molecule has 0 saturated carbocycles. The van der Waals surface area contributed by atoms with Crippen molar-refractivity contribution in [3.63, 3.8) is 0 Å². The molecule has 4 heteroatoms. The van der Waals surface area contributed by atoms with Gasteiger partial charge in [-0.05, 0) is 65.0 Å². The van der Waals surface area contributed by atoms with Crippen molar-refractivity contribution in [2.24, 2.45) is 0 Å². The van der Waals surface area contributed by atoms with E-state index in [0.717, 1.165) is 28.0 Å². The van der Waals surface area contributed by atoms with Gasteiger partial charge in [0.25, 0.3) is 0 Å². The molecule has 0 unspecified atom stereocenters. The summed E-state index contributed by atoms with van der Waals surface area (Å²) in [7, 11) is 0. The molecule has 0 bridgehead atoms. The molecule has 2 nitrogen and oxygen atoms in total. The second-order valence-corrected chi connectivity index (χ2v) is 5.70. The molecule has 0 aliphatic rings. The van der Waals surface area contributed by atoms with Gasteiger partial charge in [-0.3, -0.25) is 0 Å². The van der Waals surface area contributed by atoms with Crippen LogP contribution in [0.3, 0.4) is 0 Å². The van der Waals surface area contributed by atoms with E-state index in [1.165, 1.54) is 6.07 Å². The lowest BCUT2D eigenvalue weighted by molar-refractivity contribution is 0.299. The van der Waals surface area contributed by atoms with E-state index >= 15 is 0 Å². The predicted octanol–water partition coefficient (Wildman–Crippen LogP) is 4.12. The SMILES string of the molecule is CCNCc1ccc(F)c(COc2cccc(I)c2)c1. The Morgan fingerprint density at radius 1 is 1.20 bits per heavy atom. The Kier molecular flexibility index (Phi) is 5.79. The Morgan fingerprint density at radius 2 is 2.05 bits per heavy atom. The van der Waals surface area contributed by atoms with Gasteiger partial charge in [0.2, 0.25) is 0 Å². The molecular formula is C16H17FINO. The number of nitrogens with one attached hydrogen (secondary N) is 1. The van der Waals surface area contributed by atoms with E-state index in [4.69, 9.17) is 4.74 Å². The van der Waals surface area contributed by atoms with E-state index in [0.29, 0.717) is 5.56 Å². The molecule has 0 aliphatic carbocycles. The first-order valence-electron chi connectivity index (χ1n) is 6.55. The number of hydrogen-bond donors (Lipinski definition) is 1. The molecule has 0 atom stereocenters. The van der Waals surface area contributed by atoms with Crippen LogP contribution in [0.15, 0.2) is 42.5 Å². The van der Waals surface area contributed by atoms with Gasteiger partial charge in [0.15, 0.2) is 0 Å². The maximum atomic E-state index is 13.8.